The summed E-state index contributed by atoms with van der Waals surface area (Å²) in [6, 6.07) is 5.59. The lowest BCUT2D eigenvalue weighted by Gasteiger charge is -2.40. The van der Waals surface area contributed by atoms with E-state index in [1.165, 1.54) is 4.90 Å². The van der Waals surface area contributed by atoms with E-state index in [9.17, 15) is 9.90 Å². The summed E-state index contributed by atoms with van der Waals surface area (Å²) in [5.74, 6) is 0.950. The summed E-state index contributed by atoms with van der Waals surface area (Å²) in [4.78, 5) is 13.4. The molecule has 0 aliphatic carbocycles. The third kappa shape index (κ3) is 4.01. The first kappa shape index (κ1) is 16.6. The number of aliphatic hydroxyl groups is 1. The highest BCUT2D eigenvalue weighted by atomic mass is 16.5. The minimum atomic E-state index is -0.446. The first-order chi connectivity index (χ1) is 11.2. The predicted molar refractivity (Wildman–Crippen MR) is 85.8 cm³/mol. The van der Waals surface area contributed by atoms with Crippen molar-refractivity contribution < 1.29 is 19.5 Å². The van der Waals surface area contributed by atoms with Crippen molar-refractivity contribution in [2.75, 3.05) is 46.6 Å². The molecule has 23 heavy (non-hydrogen) atoms. The van der Waals surface area contributed by atoms with Crippen molar-refractivity contribution in [3.8, 4) is 0 Å². The zero-order chi connectivity index (χ0) is 16.2. The van der Waals surface area contributed by atoms with Crippen LogP contribution in [0.15, 0.2) is 23.0 Å². The second kappa shape index (κ2) is 7.57. The summed E-state index contributed by atoms with van der Waals surface area (Å²) in [6.45, 7) is 4.95. The Hall–Kier alpha value is -1.21. The topological polar surface area (TPSA) is 65.1 Å². The summed E-state index contributed by atoms with van der Waals surface area (Å²) < 4.78 is 12.3. The number of aromatic nitrogens is 1. The van der Waals surface area contributed by atoms with E-state index in [0.29, 0.717) is 38.2 Å². The fraction of sp³-hybridized carbons (Fsp3) is 0.706. The number of nitrogens with one attached hydrogen (secondary N) is 1. The van der Waals surface area contributed by atoms with Crippen LogP contribution < -0.4 is 10.5 Å². The number of hydrogen-bond donors (Lipinski definition) is 2. The molecule has 2 bridgehead atoms. The van der Waals surface area contributed by atoms with E-state index in [1.807, 2.05) is 10.6 Å². The van der Waals surface area contributed by atoms with Gasteiger partial charge in [-0.2, -0.15) is 0 Å². The zero-order valence-electron chi connectivity index (χ0n) is 13.7. The van der Waals surface area contributed by atoms with E-state index in [1.54, 1.807) is 13.2 Å². The number of ether oxygens (including phenoxy) is 2. The smallest absolute Gasteiger partial charge is 0.250 e. The van der Waals surface area contributed by atoms with Crippen LogP contribution in [0.25, 0.3) is 0 Å². The van der Waals surface area contributed by atoms with Crippen LogP contribution in [-0.4, -0.2) is 62.3 Å². The molecule has 6 heteroatoms. The Morgan fingerprint density at radius 1 is 1.39 bits per heavy atom. The number of nitrogens with zero attached hydrogens (tertiary/aromatic N) is 1. The third-order valence-corrected chi connectivity index (χ3v) is 4.94. The number of pyridine rings is 1. The maximum Gasteiger partial charge on any atom is 0.250 e. The zero-order valence-corrected chi connectivity index (χ0v) is 13.7. The van der Waals surface area contributed by atoms with Gasteiger partial charge in [-0.25, -0.2) is 0 Å². The van der Waals surface area contributed by atoms with Crippen LogP contribution in [0.3, 0.4) is 0 Å². The third-order valence-electron chi connectivity index (χ3n) is 4.94. The molecular formula is C17H27N2O4+. The summed E-state index contributed by atoms with van der Waals surface area (Å²) in [7, 11) is 1.64. The van der Waals surface area contributed by atoms with E-state index >= 15 is 0 Å². The second-order valence-electron chi connectivity index (χ2n) is 6.78. The van der Waals surface area contributed by atoms with Crippen LogP contribution in [0.2, 0.25) is 0 Å². The molecule has 2 aliphatic rings. The van der Waals surface area contributed by atoms with Gasteiger partial charge in [0, 0.05) is 37.3 Å². The van der Waals surface area contributed by atoms with Crippen LogP contribution >= 0.6 is 0 Å². The lowest BCUT2D eigenvalue weighted by Crippen LogP contribution is -3.15. The molecule has 3 heterocycles. The molecule has 1 unspecified atom stereocenters. The Balaban J connectivity index is 1.56. The highest BCUT2D eigenvalue weighted by molar-refractivity contribution is 5.15. The van der Waals surface area contributed by atoms with Crippen LogP contribution in [0, 0.1) is 5.92 Å². The Labute approximate surface area is 136 Å². The van der Waals surface area contributed by atoms with Gasteiger partial charge in [-0.05, 0) is 12.5 Å². The van der Waals surface area contributed by atoms with Crippen molar-refractivity contribution in [2.45, 2.75) is 25.0 Å². The maximum absolute atomic E-state index is 12.0. The summed E-state index contributed by atoms with van der Waals surface area (Å²) in [5, 5.41) is 10.2. The molecule has 2 aliphatic heterocycles. The molecule has 3 rings (SSSR count). The molecule has 0 saturated carbocycles. The molecule has 1 fully saturated rings. The van der Waals surface area contributed by atoms with Crippen LogP contribution in [0.1, 0.15) is 18.0 Å². The molecule has 0 spiro atoms. The molecule has 1 saturated heterocycles. The molecule has 2 N–H and O–H groups in total. The number of aliphatic hydroxyl groups excluding tert-OH is 1. The minimum absolute atomic E-state index is 0.118. The summed E-state index contributed by atoms with van der Waals surface area (Å²) in [6.07, 6.45) is 0.714. The van der Waals surface area contributed by atoms with Gasteiger partial charge in [0.15, 0.2) is 0 Å². The van der Waals surface area contributed by atoms with Crippen LogP contribution in [-0.2, 0) is 16.0 Å². The van der Waals surface area contributed by atoms with E-state index in [4.69, 9.17) is 9.47 Å². The van der Waals surface area contributed by atoms with E-state index < -0.39 is 6.10 Å². The van der Waals surface area contributed by atoms with Gasteiger partial charge in [-0.3, -0.25) is 4.79 Å². The predicted octanol–water partition coefficient (Wildman–Crippen LogP) is -1.13. The lowest BCUT2D eigenvalue weighted by molar-refractivity contribution is -0.914. The molecule has 0 aromatic carbocycles. The van der Waals surface area contributed by atoms with E-state index in [-0.39, 0.29) is 5.56 Å². The van der Waals surface area contributed by atoms with Gasteiger partial charge in [0.25, 0.3) is 5.56 Å². The number of hydrogen-bond acceptors (Lipinski definition) is 4. The van der Waals surface area contributed by atoms with E-state index in [2.05, 4.69) is 6.07 Å². The molecule has 1 aromatic rings. The minimum Gasteiger partial charge on any atom is -0.385 e. The number of methoxy groups -OCH3 is 1. The number of likely N-dealkylation sites (tertiary alicyclic amines) is 1. The molecule has 6 nitrogen and oxygen atoms in total. The number of fused-ring (bicyclic) bond motifs is 4. The number of rotatable bonds is 7. The van der Waals surface area contributed by atoms with Gasteiger partial charge >= 0.3 is 0 Å². The SMILES string of the molecule is COCCOC[C@@H](O)C[NH+]1C[C@@H]2C[C@H](C1)c1cccc(=O)n1C2. The first-order valence-corrected chi connectivity index (χ1v) is 8.45. The standard InChI is InChI=1S/C17H26N2O4/c1-22-5-6-23-12-15(20)11-18-8-13-7-14(10-18)16-3-2-4-17(21)19(16)9-13/h2-4,13-15,20H,5-12H2,1H3/p+1/t13-,14+,15-/m0/s1. The van der Waals surface area contributed by atoms with E-state index in [0.717, 1.165) is 31.7 Å². The second-order valence-corrected chi connectivity index (χ2v) is 6.78. The molecule has 128 valence electrons. The summed E-state index contributed by atoms with van der Waals surface area (Å²) in [5.41, 5.74) is 1.28. The number of piperidine rings is 1. The van der Waals surface area contributed by atoms with Crippen LogP contribution in [0.5, 0.6) is 0 Å². The fourth-order valence-electron chi connectivity index (χ4n) is 4.04. The quantitative estimate of drug-likeness (QED) is 0.624. The van der Waals surface area contributed by atoms with Gasteiger partial charge < -0.3 is 24.0 Å². The maximum atomic E-state index is 12.0. The Morgan fingerprint density at radius 2 is 2.26 bits per heavy atom. The molecule has 1 aromatic heterocycles. The van der Waals surface area contributed by atoms with Gasteiger partial charge in [0.05, 0.1) is 32.9 Å². The normalized spacial score (nSPS) is 27.5. The van der Waals surface area contributed by atoms with Crippen molar-refractivity contribution >= 4 is 0 Å². The van der Waals surface area contributed by atoms with Gasteiger partial charge in [0.2, 0.25) is 0 Å². The Bertz CT molecular complexity index is 574. The van der Waals surface area contributed by atoms with Crippen molar-refractivity contribution in [3.05, 3.63) is 34.2 Å². The van der Waals surface area contributed by atoms with Crippen molar-refractivity contribution in [2.24, 2.45) is 5.92 Å². The highest BCUT2D eigenvalue weighted by Gasteiger charge is 2.37. The summed E-state index contributed by atoms with van der Waals surface area (Å²) >= 11 is 0. The monoisotopic (exact) mass is 323 g/mol. The molecular weight excluding hydrogens is 296 g/mol. The van der Waals surface area contributed by atoms with Crippen molar-refractivity contribution in [1.82, 2.24) is 4.57 Å². The van der Waals surface area contributed by atoms with Gasteiger partial charge in [-0.15, -0.1) is 0 Å². The average Bonchev–Trinajstić information content (AvgIpc) is 2.53. The van der Waals surface area contributed by atoms with Crippen molar-refractivity contribution in [1.29, 1.82) is 0 Å². The average molecular weight is 323 g/mol. The Kier molecular flexibility index (Phi) is 5.48. The van der Waals surface area contributed by atoms with Crippen LogP contribution in [0.4, 0.5) is 0 Å². The van der Waals surface area contributed by atoms with Gasteiger partial charge in [-0.1, -0.05) is 6.07 Å². The molecule has 0 amide bonds. The Morgan fingerprint density at radius 3 is 3.09 bits per heavy atom. The molecule has 0 radical (unpaired) electrons. The first-order valence-electron chi connectivity index (χ1n) is 8.45. The number of quaternary nitrogens is 1. The lowest BCUT2D eigenvalue weighted by atomic mass is 9.83. The fourth-order valence-corrected chi connectivity index (χ4v) is 4.04. The highest BCUT2D eigenvalue weighted by Crippen LogP contribution is 2.29. The van der Waals surface area contributed by atoms with Gasteiger partial charge in [0.1, 0.15) is 12.6 Å². The largest absolute Gasteiger partial charge is 0.385 e. The van der Waals surface area contributed by atoms with Crippen molar-refractivity contribution in [3.63, 3.8) is 0 Å². The molecule has 4 atom stereocenters.